The van der Waals surface area contributed by atoms with Crippen LogP contribution in [0.25, 0.3) is 11.0 Å². The molecule has 7 nitrogen and oxygen atoms in total. The number of carboxylic acids is 1. The van der Waals surface area contributed by atoms with Crippen LogP contribution in [0.4, 0.5) is 0 Å². The second-order valence-electron chi connectivity index (χ2n) is 6.36. The van der Waals surface area contributed by atoms with Gasteiger partial charge in [-0.1, -0.05) is 17.7 Å². The number of furan rings is 1. The van der Waals surface area contributed by atoms with E-state index >= 15 is 0 Å². The number of benzene rings is 2. The summed E-state index contributed by atoms with van der Waals surface area (Å²) in [6, 6.07) is 15.0. The Labute approximate surface area is 164 Å². The summed E-state index contributed by atoms with van der Waals surface area (Å²) in [5.74, 6) is 0.140. The minimum absolute atomic E-state index is 0.0393. The first kappa shape index (κ1) is 18.4. The zero-order valence-corrected chi connectivity index (χ0v) is 15.4. The molecule has 2 aromatic carbocycles. The molecular formula is C22H16O7. The Morgan fingerprint density at radius 2 is 1.79 bits per heavy atom. The number of carboxylic acid groups (broad SMARTS) is 1. The van der Waals surface area contributed by atoms with Gasteiger partial charge in [0.1, 0.15) is 35.7 Å². The van der Waals surface area contributed by atoms with Crippen LogP contribution in [0.3, 0.4) is 0 Å². The second-order valence-corrected chi connectivity index (χ2v) is 6.36. The number of aryl methyl sites for hydroxylation is 1. The van der Waals surface area contributed by atoms with Gasteiger partial charge in [-0.05, 0) is 43.3 Å². The maximum atomic E-state index is 12.7. The minimum Gasteiger partial charge on any atom is -0.486 e. The topological polar surface area (TPSA) is 99.1 Å². The molecule has 0 saturated heterocycles. The van der Waals surface area contributed by atoms with E-state index < -0.39 is 5.97 Å². The van der Waals surface area contributed by atoms with Gasteiger partial charge in [0.05, 0.1) is 5.39 Å². The number of ether oxygens (including phenoxy) is 2. The van der Waals surface area contributed by atoms with Crippen molar-refractivity contribution in [2.24, 2.45) is 0 Å². The lowest BCUT2D eigenvalue weighted by Gasteiger charge is -2.07. The second kappa shape index (κ2) is 7.55. The van der Waals surface area contributed by atoms with E-state index in [1.54, 1.807) is 30.3 Å². The molecule has 2 aromatic heterocycles. The first-order chi connectivity index (χ1) is 14.0. The van der Waals surface area contributed by atoms with Crippen molar-refractivity contribution in [3.63, 3.8) is 0 Å². The molecule has 0 saturated carbocycles. The molecule has 0 bridgehead atoms. The van der Waals surface area contributed by atoms with E-state index in [0.717, 1.165) is 5.56 Å². The summed E-state index contributed by atoms with van der Waals surface area (Å²) in [6.45, 7) is 2.00. The fourth-order valence-corrected chi connectivity index (χ4v) is 2.71. The Hall–Kier alpha value is -4.00. The Bertz CT molecular complexity index is 1230. The molecule has 0 unspecified atom stereocenters. The van der Waals surface area contributed by atoms with Crippen molar-refractivity contribution in [3.05, 3.63) is 88.2 Å². The Morgan fingerprint density at radius 3 is 2.52 bits per heavy atom. The Balaban J connectivity index is 1.52. The zero-order valence-electron chi connectivity index (χ0n) is 15.4. The lowest BCUT2D eigenvalue weighted by atomic mass is 10.2. The molecular weight excluding hydrogens is 376 g/mol. The first-order valence-electron chi connectivity index (χ1n) is 8.74. The summed E-state index contributed by atoms with van der Waals surface area (Å²) < 4.78 is 21.9. The Kier molecular flexibility index (Phi) is 4.78. The molecule has 146 valence electrons. The third kappa shape index (κ3) is 3.98. The van der Waals surface area contributed by atoms with Gasteiger partial charge in [-0.3, -0.25) is 4.79 Å². The molecule has 0 aliphatic heterocycles. The first-order valence-corrected chi connectivity index (χ1v) is 8.74. The molecule has 0 aliphatic rings. The lowest BCUT2D eigenvalue weighted by Crippen LogP contribution is -2.05. The minimum atomic E-state index is -1.15. The molecule has 2 heterocycles. The summed E-state index contributed by atoms with van der Waals surface area (Å²) in [6.07, 6.45) is 1.26. The highest BCUT2D eigenvalue weighted by Gasteiger charge is 2.12. The highest BCUT2D eigenvalue weighted by atomic mass is 16.5. The predicted octanol–water partition coefficient (Wildman–Crippen LogP) is 4.76. The molecule has 7 heteroatoms. The molecule has 4 aromatic rings. The third-order valence-corrected chi connectivity index (χ3v) is 4.22. The van der Waals surface area contributed by atoms with Crippen LogP contribution in [-0.4, -0.2) is 11.1 Å². The highest BCUT2D eigenvalue weighted by Crippen LogP contribution is 2.25. The zero-order chi connectivity index (χ0) is 20.4. The van der Waals surface area contributed by atoms with Crippen LogP contribution >= 0.6 is 0 Å². The summed E-state index contributed by atoms with van der Waals surface area (Å²) >= 11 is 0. The van der Waals surface area contributed by atoms with Gasteiger partial charge in [-0.15, -0.1) is 0 Å². The van der Waals surface area contributed by atoms with Gasteiger partial charge in [-0.25, -0.2) is 4.79 Å². The molecule has 0 radical (unpaired) electrons. The fraction of sp³-hybridized carbons (Fsp3) is 0.0909. The SMILES string of the molecule is Cc1ccc(Oc2coc3cc(OCc4ccc(C(=O)O)o4)ccc3c2=O)cc1. The van der Waals surface area contributed by atoms with Crippen LogP contribution in [0, 0.1) is 6.92 Å². The van der Waals surface area contributed by atoms with Crippen LogP contribution in [0.2, 0.25) is 0 Å². The van der Waals surface area contributed by atoms with E-state index in [1.165, 1.54) is 18.4 Å². The molecule has 29 heavy (non-hydrogen) atoms. The number of carbonyl (C=O) groups is 1. The summed E-state index contributed by atoms with van der Waals surface area (Å²) in [5.41, 5.74) is 1.13. The van der Waals surface area contributed by atoms with Crippen LogP contribution in [0.5, 0.6) is 17.2 Å². The number of aromatic carboxylic acids is 1. The molecule has 1 N–H and O–H groups in total. The average Bonchev–Trinajstić information content (AvgIpc) is 3.20. The van der Waals surface area contributed by atoms with Crippen molar-refractivity contribution >= 4 is 16.9 Å². The van der Waals surface area contributed by atoms with Crippen LogP contribution in [0.1, 0.15) is 21.9 Å². The van der Waals surface area contributed by atoms with E-state index in [0.29, 0.717) is 28.2 Å². The molecule has 0 amide bonds. The summed E-state index contributed by atoms with van der Waals surface area (Å²) in [7, 11) is 0. The molecule has 0 spiro atoms. The number of rotatable bonds is 6. The number of fused-ring (bicyclic) bond motifs is 1. The lowest BCUT2D eigenvalue weighted by molar-refractivity contribution is 0.0658. The van der Waals surface area contributed by atoms with Crippen LogP contribution in [0.15, 0.2) is 74.5 Å². The highest BCUT2D eigenvalue weighted by molar-refractivity contribution is 5.84. The standard InChI is InChI=1S/C22H16O7/c1-13-2-4-14(5-3-13)28-20-12-27-19-10-15(6-8-17(19)21(20)23)26-11-16-7-9-18(29-16)22(24)25/h2-10,12H,11H2,1H3,(H,24,25). The summed E-state index contributed by atoms with van der Waals surface area (Å²) in [5, 5.41) is 9.22. The van der Waals surface area contributed by atoms with Gasteiger partial charge in [0.2, 0.25) is 16.9 Å². The Morgan fingerprint density at radius 1 is 1.03 bits per heavy atom. The normalized spacial score (nSPS) is 10.8. The summed E-state index contributed by atoms with van der Waals surface area (Å²) in [4.78, 5) is 23.5. The van der Waals surface area contributed by atoms with E-state index in [9.17, 15) is 9.59 Å². The van der Waals surface area contributed by atoms with Crippen LogP contribution < -0.4 is 14.9 Å². The average molecular weight is 392 g/mol. The van der Waals surface area contributed by atoms with Crippen molar-refractivity contribution in [1.82, 2.24) is 0 Å². The number of hydrogen-bond donors (Lipinski definition) is 1. The molecule has 0 atom stereocenters. The maximum absolute atomic E-state index is 12.7. The quantitative estimate of drug-likeness (QED) is 0.505. The van der Waals surface area contributed by atoms with Gasteiger partial charge < -0.3 is 23.4 Å². The van der Waals surface area contributed by atoms with Gasteiger partial charge in [0.15, 0.2) is 0 Å². The molecule has 0 aliphatic carbocycles. The van der Waals surface area contributed by atoms with Crippen molar-refractivity contribution in [2.75, 3.05) is 0 Å². The van der Waals surface area contributed by atoms with E-state index in [-0.39, 0.29) is 23.5 Å². The predicted molar refractivity (Wildman–Crippen MR) is 104 cm³/mol. The van der Waals surface area contributed by atoms with Crippen molar-refractivity contribution in [2.45, 2.75) is 13.5 Å². The fourth-order valence-electron chi connectivity index (χ4n) is 2.71. The van der Waals surface area contributed by atoms with Gasteiger partial charge in [0.25, 0.3) is 0 Å². The molecule has 4 rings (SSSR count). The molecule has 0 fully saturated rings. The van der Waals surface area contributed by atoms with Crippen molar-refractivity contribution < 1.29 is 28.2 Å². The monoisotopic (exact) mass is 392 g/mol. The largest absolute Gasteiger partial charge is 0.486 e. The van der Waals surface area contributed by atoms with Crippen molar-refractivity contribution in [3.8, 4) is 17.2 Å². The third-order valence-electron chi connectivity index (χ3n) is 4.22. The van der Waals surface area contributed by atoms with E-state index in [2.05, 4.69) is 0 Å². The van der Waals surface area contributed by atoms with Crippen molar-refractivity contribution in [1.29, 1.82) is 0 Å². The van der Waals surface area contributed by atoms with E-state index in [4.69, 9.17) is 23.4 Å². The van der Waals surface area contributed by atoms with Crippen LogP contribution in [-0.2, 0) is 6.61 Å². The van der Waals surface area contributed by atoms with Gasteiger partial charge in [-0.2, -0.15) is 0 Å². The smallest absolute Gasteiger partial charge is 0.371 e. The van der Waals surface area contributed by atoms with Gasteiger partial charge in [0, 0.05) is 6.07 Å². The van der Waals surface area contributed by atoms with E-state index in [1.807, 2.05) is 19.1 Å². The van der Waals surface area contributed by atoms with Gasteiger partial charge >= 0.3 is 5.97 Å². The maximum Gasteiger partial charge on any atom is 0.371 e. The number of hydrogen-bond acceptors (Lipinski definition) is 6.